The van der Waals surface area contributed by atoms with Gasteiger partial charge in [0.2, 0.25) is 0 Å². The van der Waals surface area contributed by atoms with Crippen LogP contribution in [0.3, 0.4) is 0 Å². The number of hydrogen-bond donors (Lipinski definition) is 0. The second kappa shape index (κ2) is 23.4. The van der Waals surface area contributed by atoms with Gasteiger partial charge in [0.25, 0.3) is 0 Å². The summed E-state index contributed by atoms with van der Waals surface area (Å²) in [5.41, 5.74) is 0. The van der Waals surface area contributed by atoms with Gasteiger partial charge in [0.05, 0.1) is 0 Å². The first-order chi connectivity index (χ1) is 0. The Balaban J connectivity index is 0. The van der Waals surface area contributed by atoms with Crippen LogP contribution in [-0.2, 0) is 52.7 Å². The fourth-order valence-corrected chi connectivity index (χ4v) is 0. The molecule has 0 amide bonds. The van der Waals surface area contributed by atoms with E-state index >= 15 is 0 Å². The first kappa shape index (κ1) is 33.3. The zero-order valence-corrected chi connectivity index (χ0v) is 4.86. The number of rotatable bonds is 0. The first-order valence-corrected chi connectivity index (χ1v) is 0. The van der Waals surface area contributed by atoms with E-state index in [2.05, 4.69) is 0 Å². The summed E-state index contributed by atoms with van der Waals surface area (Å²) in [6, 6.07) is 0. The van der Waals surface area contributed by atoms with Crippen LogP contribution in [-0.4, -0.2) is 94.4 Å². The zero-order valence-electron chi connectivity index (χ0n) is 1.18. The normalized spacial score (nSPS) is 0. The Morgan fingerprint density at radius 1 is 1.00 bits per heavy atom. The molecule has 0 aromatic carbocycles. The second-order valence-electron chi connectivity index (χ2n) is 0. The largest absolute Gasteiger partial charge is 0 e. The Morgan fingerprint density at radius 2 is 1.00 bits per heavy atom. The van der Waals surface area contributed by atoms with Crippen molar-refractivity contribution in [3.63, 3.8) is 0 Å². The van der Waals surface area contributed by atoms with Gasteiger partial charge >= 0.3 is 94.4 Å². The van der Waals surface area contributed by atoms with Crippen LogP contribution in [0.2, 0.25) is 0 Å². The first-order valence-electron chi connectivity index (χ1n) is 0. The molecule has 0 atom stereocenters. The second-order valence-corrected chi connectivity index (χ2v) is 0. The summed E-state index contributed by atoms with van der Waals surface area (Å²) >= 11 is 0. The molecule has 0 spiro atoms. The van der Waals surface area contributed by atoms with Crippen molar-refractivity contribution in [1.29, 1.82) is 0 Å². The average Bonchev–Trinajstić information content (AvgIpc) is 0. The van der Waals surface area contributed by atoms with Crippen molar-refractivity contribution in [2.24, 2.45) is 0 Å². The van der Waals surface area contributed by atoms with E-state index in [0.29, 0.717) is 0 Å². The van der Waals surface area contributed by atoms with Gasteiger partial charge in [0.1, 0.15) is 0 Å². The number of hydrogen-bond acceptors (Lipinski definition) is 0. The summed E-state index contributed by atoms with van der Waals surface area (Å²) in [7, 11) is 0. The molecular formula is H4BaFeMnSrV. The summed E-state index contributed by atoms with van der Waals surface area (Å²) in [6.07, 6.45) is 0. The fourth-order valence-electron chi connectivity index (χ4n) is 0. The van der Waals surface area contributed by atoms with Crippen molar-refractivity contribution in [2.45, 2.75) is 0 Å². The van der Waals surface area contributed by atoms with Gasteiger partial charge in [0, 0.05) is 52.7 Å². The Bertz CT molecular complexity index is 11.6. The molecule has 0 nitrogen and oxygen atoms in total. The van der Waals surface area contributed by atoms with E-state index in [1.54, 1.807) is 0 Å². The quantitative estimate of drug-likeness (QED) is 0.427. The standard InChI is InChI=1S/Ba.Fe.Mn.Sr.V.4H. The molecule has 0 saturated heterocycles. The van der Waals surface area contributed by atoms with Crippen molar-refractivity contribution in [1.82, 2.24) is 0 Å². The van der Waals surface area contributed by atoms with Crippen LogP contribution in [0.25, 0.3) is 0 Å². The smallest absolute Gasteiger partial charge is 0 e. The SMILES string of the molecule is [BaH2].[Fe].[Mn].[SrH2].[V]. The van der Waals surface area contributed by atoms with E-state index in [4.69, 9.17) is 0 Å². The van der Waals surface area contributed by atoms with Crippen molar-refractivity contribution < 1.29 is 52.7 Å². The van der Waals surface area contributed by atoms with Crippen LogP contribution in [0.4, 0.5) is 0 Å². The van der Waals surface area contributed by atoms with E-state index in [9.17, 15) is 0 Å². The van der Waals surface area contributed by atoms with Gasteiger partial charge in [-0.15, -0.1) is 0 Å². The van der Waals surface area contributed by atoms with Crippen LogP contribution < -0.4 is 0 Å². The van der Waals surface area contributed by atoms with Crippen molar-refractivity contribution in [2.75, 3.05) is 0 Å². The van der Waals surface area contributed by atoms with E-state index < -0.39 is 0 Å². The Kier molecular flexibility index (Phi) is 156. The van der Waals surface area contributed by atoms with E-state index in [1.165, 1.54) is 0 Å². The third-order valence-corrected chi connectivity index (χ3v) is 0. The summed E-state index contributed by atoms with van der Waals surface area (Å²) in [4.78, 5) is 0. The van der Waals surface area contributed by atoms with E-state index in [-0.39, 0.29) is 147 Å². The third-order valence-electron chi connectivity index (χ3n) is 0. The van der Waals surface area contributed by atoms with Gasteiger partial charge < -0.3 is 0 Å². The molecule has 0 heterocycles. The topological polar surface area (TPSA) is 0 Å². The molecule has 0 rings (SSSR count). The van der Waals surface area contributed by atoms with E-state index in [1.807, 2.05) is 0 Å². The molecule has 0 aliphatic heterocycles. The molecule has 0 aromatic heterocycles. The summed E-state index contributed by atoms with van der Waals surface area (Å²) < 4.78 is 0. The molecule has 0 bridgehead atoms. The molecule has 0 aliphatic rings. The maximum atomic E-state index is 0. The van der Waals surface area contributed by atoms with Gasteiger partial charge in [-0.05, 0) is 0 Å². The molecular weight excluding hydrogens is 387 g/mol. The molecule has 28 valence electrons. The molecule has 2 radical (unpaired) electrons. The Labute approximate surface area is 143 Å². The van der Waals surface area contributed by atoms with Crippen molar-refractivity contribution in [3.05, 3.63) is 0 Å². The van der Waals surface area contributed by atoms with Crippen molar-refractivity contribution in [3.8, 4) is 0 Å². The zero-order chi connectivity index (χ0) is 0. The molecule has 0 N–H and O–H groups in total. The summed E-state index contributed by atoms with van der Waals surface area (Å²) in [6.45, 7) is 0. The van der Waals surface area contributed by atoms with Crippen LogP contribution in [0.5, 0.6) is 0 Å². The van der Waals surface area contributed by atoms with Crippen LogP contribution in [0, 0.1) is 0 Å². The van der Waals surface area contributed by atoms with Crippen molar-refractivity contribution >= 4 is 94.4 Å². The van der Waals surface area contributed by atoms with Crippen LogP contribution in [0.1, 0.15) is 0 Å². The summed E-state index contributed by atoms with van der Waals surface area (Å²) in [5, 5.41) is 0. The summed E-state index contributed by atoms with van der Waals surface area (Å²) in [5.74, 6) is 0. The predicted molar refractivity (Wildman–Crippen MR) is 17.1 cm³/mol. The molecule has 0 saturated carbocycles. The molecule has 5 heavy (non-hydrogen) atoms. The predicted octanol–water partition coefficient (Wildman–Crippen LogP) is -1.84. The average molecular weight is 391 g/mol. The molecule has 0 aliphatic carbocycles. The monoisotopic (exact) mass is 392 g/mol. The minimum absolute atomic E-state index is 0. The van der Waals surface area contributed by atoms with Gasteiger partial charge in [-0.1, -0.05) is 0 Å². The van der Waals surface area contributed by atoms with Crippen LogP contribution >= 0.6 is 0 Å². The third kappa shape index (κ3) is 17.7. The van der Waals surface area contributed by atoms with Gasteiger partial charge in [-0.2, -0.15) is 0 Å². The molecule has 0 fully saturated rings. The minimum Gasteiger partial charge on any atom is 0 e. The molecule has 5 heteroatoms. The maximum absolute atomic E-state index is 0. The minimum atomic E-state index is 0. The molecule has 0 aromatic rings. The Morgan fingerprint density at radius 3 is 1.00 bits per heavy atom. The van der Waals surface area contributed by atoms with E-state index in [0.717, 1.165) is 0 Å². The van der Waals surface area contributed by atoms with Gasteiger partial charge in [0.15, 0.2) is 0 Å². The van der Waals surface area contributed by atoms with Gasteiger partial charge in [-0.3, -0.25) is 0 Å². The molecule has 0 unspecified atom stereocenters. The maximum Gasteiger partial charge on any atom is 0 e. The Hall–Kier alpha value is 4.68. The van der Waals surface area contributed by atoms with Crippen LogP contribution in [0.15, 0.2) is 0 Å². The van der Waals surface area contributed by atoms with Gasteiger partial charge in [-0.25, -0.2) is 0 Å². The fraction of sp³-hybridized carbons (Fsp3) is 0.